The molecule has 1 unspecified atom stereocenters. The third kappa shape index (κ3) is 3.52. The Morgan fingerprint density at radius 2 is 1.74 bits per heavy atom. The SMILES string of the molecule is CC1(C)CN(C(=O)c2ccc(N3CCCCC3)cc2)CCC1N. The van der Waals surface area contributed by atoms with E-state index in [1.165, 1.54) is 24.9 Å². The fourth-order valence-electron chi connectivity index (χ4n) is 3.70. The molecule has 1 aromatic rings. The summed E-state index contributed by atoms with van der Waals surface area (Å²) in [7, 11) is 0. The van der Waals surface area contributed by atoms with Crippen molar-refractivity contribution in [3.8, 4) is 0 Å². The molecule has 126 valence electrons. The number of hydrogen-bond acceptors (Lipinski definition) is 3. The number of benzene rings is 1. The number of nitrogens with two attached hydrogens (primary N) is 1. The second-order valence-corrected chi connectivity index (χ2v) is 7.71. The number of anilines is 1. The lowest BCUT2D eigenvalue weighted by molar-refractivity contribution is 0.0533. The first-order chi connectivity index (χ1) is 11.0. The summed E-state index contributed by atoms with van der Waals surface area (Å²) in [6.45, 7) is 8.06. The molecule has 1 atom stereocenters. The molecule has 2 aliphatic heterocycles. The van der Waals surface area contributed by atoms with Crippen LogP contribution in [0.25, 0.3) is 0 Å². The van der Waals surface area contributed by atoms with Crippen LogP contribution in [0.15, 0.2) is 24.3 Å². The van der Waals surface area contributed by atoms with Crippen molar-refractivity contribution in [2.45, 2.75) is 45.6 Å². The second kappa shape index (κ2) is 6.52. The van der Waals surface area contributed by atoms with Crippen molar-refractivity contribution in [2.75, 3.05) is 31.1 Å². The molecule has 2 aliphatic rings. The van der Waals surface area contributed by atoms with Gasteiger partial charge in [-0.3, -0.25) is 4.79 Å². The first-order valence-electron chi connectivity index (χ1n) is 8.87. The van der Waals surface area contributed by atoms with Gasteiger partial charge in [0.15, 0.2) is 0 Å². The summed E-state index contributed by atoms with van der Waals surface area (Å²) in [5.41, 5.74) is 8.19. The van der Waals surface area contributed by atoms with Crippen LogP contribution in [0, 0.1) is 5.41 Å². The summed E-state index contributed by atoms with van der Waals surface area (Å²) in [6.07, 6.45) is 4.75. The van der Waals surface area contributed by atoms with Gasteiger partial charge in [0.25, 0.3) is 5.91 Å². The zero-order chi connectivity index (χ0) is 16.4. The monoisotopic (exact) mass is 315 g/mol. The number of likely N-dealkylation sites (tertiary alicyclic amines) is 1. The highest BCUT2D eigenvalue weighted by molar-refractivity contribution is 5.94. The second-order valence-electron chi connectivity index (χ2n) is 7.71. The number of amides is 1. The van der Waals surface area contributed by atoms with Crippen LogP contribution >= 0.6 is 0 Å². The van der Waals surface area contributed by atoms with Gasteiger partial charge < -0.3 is 15.5 Å². The largest absolute Gasteiger partial charge is 0.372 e. The minimum Gasteiger partial charge on any atom is -0.372 e. The zero-order valence-electron chi connectivity index (χ0n) is 14.4. The van der Waals surface area contributed by atoms with E-state index < -0.39 is 0 Å². The molecule has 0 spiro atoms. The summed E-state index contributed by atoms with van der Waals surface area (Å²) >= 11 is 0. The fourth-order valence-corrected chi connectivity index (χ4v) is 3.70. The third-order valence-corrected chi connectivity index (χ3v) is 5.43. The van der Waals surface area contributed by atoms with E-state index >= 15 is 0 Å². The molecule has 0 aliphatic carbocycles. The van der Waals surface area contributed by atoms with Crippen molar-refractivity contribution in [1.29, 1.82) is 0 Å². The summed E-state index contributed by atoms with van der Waals surface area (Å²) in [5.74, 6) is 0.134. The van der Waals surface area contributed by atoms with E-state index in [4.69, 9.17) is 5.73 Å². The molecular formula is C19H29N3O. The first kappa shape index (κ1) is 16.3. The van der Waals surface area contributed by atoms with Crippen molar-refractivity contribution in [3.63, 3.8) is 0 Å². The molecule has 4 heteroatoms. The van der Waals surface area contributed by atoms with E-state index in [0.29, 0.717) is 0 Å². The minimum absolute atomic E-state index is 0.0123. The summed E-state index contributed by atoms with van der Waals surface area (Å²) in [5, 5.41) is 0. The van der Waals surface area contributed by atoms with Crippen LogP contribution in [0.1, 0.15) is 49.9 Å². The number of hydrogen-bond donors (Lipinski definition) is 1. The standard InChI is InChI=1S/C19H29N3O/c1-19(2)14-22(13-10-17(19)20)18(23)15-6-8-16(9-7-15)21-11-4-3-5-12-21/h6-9,17H,3-5,10-14,20H2,1-2H3. The van der Waals surface area contributed by atoms with Crippen molar-refractivity contribution in [2.24, 2.45) is 11.1 Å². The Balaban J connectivity index is 1.68. The number of nitrogens with zero attached hydrogens (tertiary/aromatic N) is 2. The number of rotatable bonds is 2. The molecule has 1 aromatic carbocycles. The molecule has 2 heterocycles. The number of carbonyl (C=O) groups excluding carboxylic acids is 1. The van der Waals surface area contributed by atoms with Crippen LogP contribution in [-0.4, -0.2) is 43.0 Å². The Kier molecular flexibility index (Phi) is 4.62. The molecule has 3 rings (SSSR count). The highest BCUT2D eigenvalue weighted by atomic mass is 16.2. The third-order valence-electron chi connectivity index (χ3n) is 5.43. The Bertz CT molecular complexity index is 546. The van der Waals surface area contributed by atoms with Crippen LogP contribution in [0.4, 0.5) is 5.69 Å². The maximum absolute atomic E-state index is 12.8. The predicted octanol–water partition coefficient (Wildman–Crippen LogP) is 2.88. The summed E-state index contributed by atoms with van der Waals surface area (Å²) in [4.78, 5) is 17.1. The molecule has 2 saturated heterocycles. The van der Waals surface area contributed by atoms with Gasteiger partial charge in [-0.2, -0.15) is 0 Å². The van der Waals surface area contributed by atoms with E-state index in [9.17, 15) is 4.79 Å². The fraction of sp³-hybridized carbons (Fsp3) is 0.632. The number of piperidine rings is 2. The molecule has 23 heavy (non-hydrogen) atoms. The lowest BCUT2D eigenvalue weighted by Gasteiger charge is -2.42. The zero-order valence-corrected chi connectivity index (χ0v) is 14.4. The van der Waals surface area contributed by atoms with E-state index in [1.54, 1.807) is 0 Å². The predicted molar refractivity (Wildman–Crippen MR) is 94.8 cm³/mol. The summed E-state index contributed by atoms with van der Waals surface area (Å²) in [6, 6.07) is 8.33. The Morgan fingerprint density at radius 3 is 2.35 bits per heavy atom. The summed E-state index contributed by atoms with van der Waals surface area (Å²) < 4.78 is 0. The average molecular weight is 315 g/mol. The van der Waals surface area contributed by atoms with Gasteiger partial charge in [0.05, 0.1) is 0 Å². The molecule has 2 N–H and O–H groups in total. The average Bonchev–Trinajstić information content (AvgIpc) is 2.57. The lowest BCUT2D eigenvalue weighted by atomic mass is 9.79. The van der Waals surface area contributed by atoms with Crippen molar-refractivity contribution >= 4 is 11.6 Å². The molecule has 0 saturated carbocycles. The van der Waals surface area contributed by atoms with E-state index in [-0.39, 0.29) is 17.4 Å². The van der Waals surface area contributed by atoms with Gasteiger partial charge in [0.2, 0.25) is 0 Å². The number of carbonyl (C=O) groups is 1. The maximum atomic E-state index is 12.8. The maximum Gasteiger partial charge on any atom is 0.253 e. The molecular weight excluding hydrogens is 286 g/mol. The van der Waals surface area contributed by atoms with Gasteiger partial charge in [-0.1, -0.05) is 13.8 Å². The van der Waals surface area contributed by atoms with Crippen LogP contribution in [0.2, 0.25) is 0 Å². The van der Waals surface area contributed by atoms with Crippen LogP contribution < -0.4 is 10.6 Å². The van der Waals surface area contributed by atoms with E-state index in [2.05, 4.69) is 30.9 Å². The smallest absolute Gasteiger partial charge is 0.253 e. The molecule has 1 amide bonds. The Labute approximate surface area is 139 Å². The lowest BCUT2D eigenvalue weighted by Crippen LogP contribution is -2.54. The van der Waals surface area contributed by atoms with Gasteiger partial charge in [0, 0.05) is 43.5 Å². The normalized spacial score (nSPS) is 24.6. The van der Waals surface area contributed by atoms with Crippen molar-refractivity contribution in [1.82, 2.24) is 4.90 Å². The molecule has 0 bridgehead atoms. The van der Waals surface area contributed by atoms with E-state index in [1.807, 2.05) is 17.0 Å². The van der Waals surface area contributed by atoms with Crippen molar-refractivity contribution in [3.05, 3.63) is 29.8 Å². The molecule has 2 fully saturated rings. The Morgan fingerprint density at radius 1 is 1.09 bits per heavy atom. The van der Waals surface area contributed by atoms with Crippen LogP contribution in [-0.2, 0) is 0 Å². The van der Waals surface area contributed by atoms with Crippen LogP contribution in [0.3, 0.4) is 0 Å². The minimum atomic E-state index is -0.0123. The van der Waals surface area contributed by atoms with E-state index in [0.717, 1.165) is 38.2 Å². The quantitative estimate of drug-likeness (QED) is 0.913. The first-order valence-corrected chi connectivity index (χ1v) is 8.87. The van der Waals surface area contributed by atoms with Crippen LogP contribution in [0.5, 0.6) is 0 Å². The van der Waals surface area contributed by atoms with Gasteiger partial charge in [0.1, 0.15) is 0 Å². The van der Waals surface area contributed by atoms with Gasteiger partial charge in [-0.25, -0.2) is 0 Å². The topological polar surface area (TPSA) is 49.6 Å². The Hall–Kier alpha value is -1.55. The van der Waals surface area contributed by atoms with Gasteiger partial charge in [-0.15, -0.1) is 0 Å². The molecule has 4 nitrogen and oxygen atoms in total. The van der Waals surface area contributed by atoms with Gasteiger partial charge in [-0.05, 0) is 55.4 Å². The van der Waals surface area contributed by atoms with Crippen molar-refractivity contribution < 1.29 is 4.79 Å². The van der Waals surface area contributed by atoms with Gasteiger partial charge >= 0.3 is 0 Å². The highest BCUT2D eigenvalue weighted by Crippen LogP contribution is 2.29. The molecule has 0 aromatic heterocycles. The molecule has 0 radical (unpaired) electrons. The highest BCUT2D eigenvalue weighted by Gasteiger charge is 2.35.